The Hall–Kier alpha value is -4.48. The predicted octanol–water partition coefficient (Wildman–Crippen LogP) is 11.1. The van der Waals surface area contributed by atoms with Gasteiger partial charge in [0.05, 0.1) is 40.7 Å². The van der Waals surface area contributed by atoms with E-state index in [1.165, 1.54) is 74.0 Å². The topological polar surface area (TPSA) is 136 Å². The van der Waals surface area contributed by atoms with E-state index in [4.69, 9.17) is 0 Å². The Balaban J connectivity index is 1.95. The van der Waals surface area contributed by atoms with Crippen LogP contribution in [0.2, 0.25) is 0 Å². The third kappa shape index (κ3) is 13.3. The number of hydrogen-bond donors (Lipinski definition) is 0. The van der Waals surface area contributed by atoms with Gasteiger partial charge in [0, 0.05) is 12.1 Å². The Bertz CT molecular complexity index is 2060. The lowest BCUT2D eigenvalue weighted by molar-refractivity contribution is -0.125. The summed E-state index contributed by atoms with van der Waals surface area (Å²) in [5, 5.41) is 39.4. The lowest BCUT2D eigenvalue weighted by atomic mass is 9.97. The minimum absolute atomic E-state index is 0.00716. The number of carbonyl (C=O) groups is 2. The second-order valence-electron chi connectivity index (χ2n) is 17.1. The van der Waals surface area contributed by atoms with Gasteiger partial charge in [-0.05, 0) is 49.9 Å². The molecular weight excluding hydrogens is 805 g/mol. The fourth-order valence-electron chi connectivity index (χ4n) is 9.08. The Morgan fingerprint density at radius 1 is 0.452 bits per heavy atom. The van der Waals surface area contributed by atoms with Gasteiger partial charge in [0.2, 0.25) is 0 Å². The highest BCUT2D eigenvalue weighted by Crippen LogP contribution is 2.46. The summed E-state index contributed by atoms with van der Waals surface area (Å²) in [7, 11) is 0. The van der Waals surface area contributed by atoms with E-state index >= 15 is 9.59 Å². The number of thiophene rings is 2. The van der Waals surface area contributed by atoms with E-state index in [2.05, 4.69) is 27.7 Å². The molecule has 0 N–H and O–H groups in total. The molecule has 2 aliphatic rings. The van der Waals surface area contributed by atoms with Crippen LogP contribution < -0.4 is 18.1 Å². The van der Waals surface area contributed by atoms with Crippen LogP contribution in [-0.4, -0.2) is 33.7 Å². The molecule has 2 atom stereocenters. The zero-order valence-electron chi connectivity index (χ0n) is 38.2. The number of unbranched alkanes of at least 4 members (excludes halogenated alkanes) is 18. The molecule has 4 rings (SSSR count). The molecule has 0 fully saturated rings. The van der Waals surface area contributed by atoms with Crippen molar-refractivity contribution < 1.29 is 9.59 Å². The summed E-state index contributed by atoms with van der Waals surface area (Å²) in [6.07, 6.45) is 28.0. The van der Waals surface area contributed by atoms with E-state index in [1.54, 1.807) is 12.1 Å². The number of nitrogens with zero attached hydrogens (tertiary/aromatic N) is 6. The molecule has 0 aromatic carbocycles. The minimum Gasteiger partial charge on any atom is -0.303 e. The summed E-state index contributed by atoms with van der Waals surface area (Å²) in [4.78, 5) is 35.1. The van der Waals surface area contributed by atoms with Crippen LogP contribution in [0.3, 0.4) is 0 Å². The first-order chi connectivity index (χ1) is 30.3. The number of carbonyl (C=O) groups excluding carboxylic acids is 2. The standard InChI is InChI=1S/C52H70N6O2S2/c1-5-9-13-17-19-21-25-29-41(27-23-15-11-7-3)57-49(45-33-31-43(61-45)39(35-53)36-54)47-48(51(57)59)50(46-34-32-44(62-46)40(37-55)38-56)58(52(47)60)42(28-24-16-12-8-4)30-26-22-20-18-14-10-6-2/h31-34,41-42H,5-30H2,1-4H3/b49-45+,50-46+. The van der Waals surface area contributed by atoms with Crippen molar-refractivity contribution >= 4 is 57.0 Å². The average Bonchev–Trinajstić information content (AvgIpc) is 4.08. The minimum atomic E-state index is -0.176. The first-order valence-electron chi connectivity index (χ1n) is 24.1. The van der Waals surface area contributed by atoms with Gasteiger partial charge >= 0.3 is 0 Å². The fourth-order valence-corrected chi connectivity index (χ4v) is 11.1. The molecule has 0 aliphatic carbocycles. The van der Waals surface area contributed by atoms with Crippen molar-refractivity contribution in [2.24, 2.45) is 0 Å². The lowest BCUT2D eigenvalue weighted by Gasteiger charge is -2.35. The first kappa shape index (κ1) is 50.2. The maximum Gasteiger partial charge on any atom is 0.261 e. The second-order valence-corrected chi connectivity index (χ2v) is 19.3. The van der Waals surface area contributed by atoms with Crippen molar-refractivity contribution in [2.75, 3.05) is 0 Å². The smallest absolute Gasteiger partial charge is 0.261 e. The maximum atomic E-state index is 15.6. The molecule has 4 heterocycles. The van der Waals surface area contributed by atoms with Gasteiger partial charge in [-0.1, -0.05) is 169 Å². The van der Waals surface area contributed by atoms with E-state index in [-0.39, 0.29) is 35.0 Å². The van der Waals surface area contributed by atoms with Crippen LogP contribution in [0.15, 0.2) is 35.4 Å². The van der Waals surface area contributed by atoms with Crippen LogP contribution in [0.4, 0.5) is 0 Å². The molecule has 10 heteroatoms. The highest BCUT2D eigenvalue weighted by atomic mass is 32.1. The highest BCUT2D eigenvalue weighted by molar-refractivity contribution is 7.08. The fraction of sp³-hybridized carbons (Fsp3) is 0.615. The van der Waals surface area contributed by atoms with Gasteiger partial charge < -0.3 is 9.80 Å². The SMILES string of the molecule is CCCCCCCCCC(CCCCCC)N1C(=O)C2=C(C(=O)N(C(CCCCCC)CCCCCCCCC)/C2=c2\ccc(=C(C#N)C#N)s2)/C1=c1/ccc(=C(C#N)C#N)s1. The summed E-state index contributed by atoms with van der Waals surface area (Å²) in [6, 6.07) is 15.2. The summed E-state index contributed by atoms with van der Waals surface area (Å²) in [5.74, 6) is -0.353. The molecule has 2 aromatic rings. The zero-order valence-corrected chi connectivity index (χ0v) is 39.8. The van der Waals surface area contributed by atoms with Gasteiger partial charge in [-0.2, -0.15) is 21.0 Å². The van der Waals surface area contributed by atoms with Crippen LogP contribution in [-0.2, 0) is 9.59 Å². The second kappa shape index (κ2) is 27.6. The predicted molar refractivity (Wildman–Crippen MR) is 254 cm³/mol. The highest BCUT2D eigenvalue weighted by Gasteiger charge is 2.52. The van der Waals surface area contributed by atoms with Crippen LogP contribution >= 0.6 is 22.7 Å². The van der Waals surface area contributed by atoms with Crippen LogP contribution in [0.5, 0.6) is 0 Å². The molecule has 0 spiro atoms. The summed E-state index contributed by atoms with van der Waals surface area (Å²) in [6.45, 7) is 8.86. The maximum absolute atomic E-state index is 15.6. The Morgan fingerprint density at radius 2 is 0.726 bits per heavy atom. The van der Waals surface area contributed by atoms with E-state index < -0.39 is 0 Å². The quantitative estimate of drug-likeness (QED) is 0.0781. The van der Waals surface area contributed by atoms with E-state index in [1.807, 2.05) is 46.2 Å². The molecule has 2 aliphatic heterocycles. The van der Waals surface area contributed by atoms with Crippen molar-refractivity contribution in [1.82, 2.24) is 9.80 Å². The zero-order chi connectivity index (χ0) is 44.7. The number of nitriles is 4. The molecule has 0 radical (unpaired) electrons. The molecule has 2 amide bonds. The van der Waals surface area contributed by atoms with E-state index in [0.29, 0.717) is 40.7 Å². The first-order valence-corrected chi connectivity index (χ1v) is 25.7. The molecule has 8 nitrogen and oxygen atoms in total. The Morgan fingerprint density at radius 3 is 1.02 bits per heavy atom. The number of hydrogen-bond acceptors (Lipinski definition) is 8. The van der Waals surface area contributed by atoms with Crippen molar-refractivity contribution in [2.45, 2.75) is 207 Å². The van der Waals surface area contributed by atoms with Crippen molar-refractivity contribution in [3.05, 3.63) is 53.5 Å². The number of amides is 2. The van der Waals surface area contributed by atoms with Crippen LogP contribution in [0.25, 0.3) is 22.5 Å². The summed E-state index contributed by atoms with van der Waals surface area (Å²) in [5.41, 5.74) is 2.03. The Kier molecular flexibility index (Phi) is 22.3. The average molecular weight is 875 g/mol. The Labute approximate surface area is 380 Å². The normalized spacial score (nSPS) is 16.3. The molecule has 2 unspecified atom stereocenters. The van der Waals surface area contributed by atoms with Crippen molar-refractivity contribution in [1.29, 1.82) is 21.0 Å². The van der Waals surface area contributed by atoms with Crippen molar-refractivity contribution in [3.63, 3.8) is 0 Å². The molecule has 2 aromatic heterocycles. The molecule has 62 heavy (non-hydrogen) atoms. The van der Waals surface area contributed by atoms with Gasteiger partial charge in [0.25, 0.3) is 11.8 Å². The number of rotatable bonds is 28. The van der Waals surface area contributed by atoms with Gasteiger partial charge in [-0.15, -0.1) is 22.7 Å². The third-order valence-corrected chi connectivity index (χ3v) is 14.7. The van der Waals surface area contributed by atoms with E-state index in [0.717, 1.165) is 116 Å². The van der Waals surface area contributed by atoms with Crippen LogP contribution in [0, 0.1) is 45.3 Å². The van der Waals surface area contributed by atoms with Gasteiger partial charge in [-0.3, -0.25) is 9.59 Å². The molecule has 0 bridgehead atoms. The molecule has 0 saturated heterocycles. The van der Waals surface area contributed by atoms with E-state index in [9.17, 15) is 21.0 Å². The molecule has 332 valence electrons. The van der Waals surface area contributed by atoms with Crippen LogP contribution in [0.1, 0.15) is 195 Å². The third-order valence-electron chi connectivity index (χ3n) is 12.5. The molecular formula is C52H70N6O2S2. The van der Waals surface area contributed by atoms with Gasteiger partial charge in [0.1, 0.15) is 35.4 Å². The van der Waals surface area contributed by atoms with Gasteiger partial charge in [-0.25, -0.2) is 0 Å². The van der Waals surface area contributed by atoms with Crippen molar-refractivity contribution in [3.8, 4) is 24.3 Å². The largest absolute Gasteiger partial charge is 0.303 e. The monoisotopic (exact) mass is 875 g/mol. The summed E-state index contributed by atoms with van der Waals surface area (Å²) >= 11 is 2.60. The lowest BCUT2D eigenvalue weighted by Crippen LogP contribution is -2.44. The summed E-state index contributed by atoms with van der Waals surface area (Å²) < 4.78 is 2.45. The van der Waals surface area contributed by atoms with Gasteiger partial charge in [0.15, 0.2) is 0 Å². The molecule has 0 saturated carbocycles.